The Hall–Kier alpha value is -0.770. The van der Waals surface area contributed by atoms with Crippen molar-refractivity contribution in [2.75, 3.05) is 33.4 Å². The predicted molar refractivity (Wildman–Crippen MR) is 72.4 cm³/mol. The number of nitrogens with zero attached hydrogens (tertiary/aromatic N) is 1. The van der Waals surface area contributed by atoms with E-state index in [9.17, 15) is 0 Å². The highest BCUT2D eigenvalue weighted by Crippen LogP contribution is 2.28. The standard InChI is InChI=1S/C13H27N3O/c1-3-4-8-15-13(14-2)16-9-5-10-17-11-12-6-7-12/h12H,3-11H2,1-2H3,(H2,14,15,16). The van der Waals surface area contributed by atoms with Crippen LogP contribution in [-0.4, -0.2) is 39.3 Å². The largest absolute Gasteiger partial charge is 0.381 e. The molecule has 0 bridgehead atoms. The zero-order valence-corrected chi connectivity index (χ0v) is 11.3. The Morgan fingerprint density at radius 3 is 2.53 bits per heavy atom. The van der Waals surface area contributed by atoms with Crippen molar-refractivity contribution >= 4 is 5.96 Å². The molecule has 17 heavy (non-hydrogen) atoms. The normalized spacial score (nSPS) is 16.0. The van der Waals surface area contributed by atoms with E-state index >= 15 is 0 Å². The number of ether oxygens (including phenoxy) is 1. The molecule has 0 amide bonds. The third kappa shape index (κ3) is 8.02. The molecule has 0 saturated heterocycles. The van der Waals surface area contributed by atoms with Crippen LogP contribution < -0.4 is 10.6 Å². The van der Waals surface area contributed by atoms with Crippen molar-refractivity contribution in [1.29, 1.82) is 0 Å². The summed E-state index contributed by atoms with van der Waals surface area (Å²) < 4.78 is 5.57. The van der Waals surface area contributed by atoms with Crippen molar-refractivity contribution in [3.8, 4) is 0 Å². The highest BCUT2D eigenvalue weighted by atomic mass is 16.5. The van der Waals surface area contributed by atoms with Gasteiger partial charge in [0, 0.05) is 33.4 Å². The minimum Gasteiger partial charge on any atom is -0.381 e. The Morgan fingerprint density at radius 2 is 1.94 bits per heavy atom. The number of unbranched alkanes of at least 4 members (excludes halogenated alkanes) is 1. The molecule has 0 heterocycles. The minimum absolute atomic E-state index is 0.857. The van der Waals surface area contributed by atoms with Gasteiger partial charge in [0.15, 0.2) is 5.96 Å². The molecule has 1 rings (SSSR count). The summed E-state index contributed by atoms with van der Waals surface area (Å²) in [7, 11) is 1.81. The van der Waals surface area contributed by atoms with Crippen molar-refractivity contribution in [2.24, 2.45) is 10.9 Å². The quantitative estimate of drug-likeness (QED) is 0.367. The Balaban J connectivity index is 1.87. The summed E-state index contributed by atoms with van der Waals surface area (Å²) in [5, 5.41) is 6.58. The molecule has 1 aliphatic rings. The summed E-state index contributed by atoms with van der Waals surface area (Å²) in [6.07, 6.45) is 6.17. The lowest BCUT2D eigenvalue weighted by Crippen LogP contribution is -2.38. The van der Waals surface area contributed by atoms with Crippen LogP contribution in [0.4, 0.5) is 0 Å². The van der Waals surface area contributed by atoms with Gasteiger partial charge in [-0.25, -0.2) is 0 Å². The van der Waals surface area contributed by atoms with Crippen LogP contribution in [-0.2, 0) is 4.74 Å². The lowest BCUT2D eigenvalue weighted by Gasteiger charge is -2.11. The smallest absolute Gasteiger partial charge is 0.190 e. The van der Waals surface area contributed by atoms with Crippen LogP contribution in [0.25, 0.3) is 0 Å². The topological polar surface area (TPSA) is 45.7 Å². The van der Waals surface area contributed by atoms with Crippen LogP contribution >= 0.6 is 0 Å². The molecule has 0 aromatic heterocycles. The fourth-order valence-corrected chi connectivity index (χ4v) is 1.52. The van der Waals surface area contributed by atoms with Gasteiger partial charge >= 0.3 is 0 Å². The summed E-state index contributed by atoms with van der Waals surface area (Å²) in [4.78, 5) is 4.17. The van der Waals surface area contributed by atoms with Crippen molar-refractivity contribution in [3.05, 3.63) is 0 Å². The number of guanidine groups is 1. The molecular formula is C13H27N3O. The average Bonchev–Trinajstić information content (AvgIpc) is 3.15. The number of nitrogens with one attached hydrogen (secondary N) is 2. The average molecular weight is 241 g/mol. The van der Waals surface area contributed by atoms with E-state index in [0.29, 0.717) is 0 Å². The van der Waals surface area contributed by atoms with E-state index in [1.54, 1.807) is 0 Å². The highest BCUT2D eigenvalue weighted by Gasteiger charge is 2.20. The van der Waals surface area contributed by atoms with Crippen LogP contribution in [0.2, 0.25) is 0 Å². The number of rotatable bonds is 9. The molecular weight excluding hydrogens is 214 g/mol. The Morgan fingerprint density at radius 1 is 1.24 bits per heavy atom. The van der Waals surface area contributed by atoms with Gasteiger partial charge in [-0.05, 0) is 31.6 Å². The van der Waals surface area contributed by atoms with Gasteiger partial charge in [-0.1, -0.05) is 13.3 Å². The van der Waals surface area contributed by atoms with Gasteiger partial charge in [0.2, 0.25) is 0 Å². The van der Waals surface area contributed by atoms with Crippen LogP contribution in [0.3, 0.4) is 0 Å². The van der Waals surface area contributed by atoms with Crippen molar-refractivity contribution in [3.63, 3.8) is 0 Å². The summed E-state index contributed by atoms with van der Waals surface area (Å²) >= 11 is 0. The van der Waals surface area contributed by atoms with E-state index < -0.39 is 0 Å². The molecule has 0 atom stereocenters. The zero-order valence-electron chi connectivity index (χ0n) is 11.3. The van der Waals surface area contributed by atoms with Crippen molar-refractivity contribution in [2.45, 2.75) is 39.0 Å². The monoisotopic (exact) mass is 241 g/mol. The fourth-order valence-electron chi connectivity index (χ4n) is 1.52. The van der Waals surface area contributed by atoms with Gasteiger partial charge in [0.25, 0.3) is 0 Å². The van der Waals surface area contributed by atoms with Gasteiger partial charge in [-0.3, -0.25) is 4.99 Å². The first-order valence-corrected chi connectivity index (χ1v) is 6.89. The van der Waals surface area contributed by atoms with E-state index in [2.05, 4.69) is 22.5 Å². The molecule has 1 saturated carbocycles. The highest BCUT2D eigenvalue weighted by molar-refractivity contribution is 5.79. The lowest BCUT2D eigenvalue weighted by atomic mass is 10.3. The van der Waals surface area contributed by atoms with E-state index in [4.69, 9.17) is 4.74 Å². The van der Waals surface area contributed by atoms with Gasteiger partial charge in [-0.15, -0.1) is 0 Å². The van der Waals surface area contributed by atoms with Gasteiger partial charge in [-0.2, -0.15) is 0 Å². The SMILES string of the molecule is CCCCNC(=NC)NCCCOCC1CC1. The molecule has 2 N–H and O–H groups in total. The summed E-state index contributed by atoms with van der Waals surface area (Å²) in [6.45, 7) is 5.93. The molecule has 100 valence electrons. The van der Waals surface area contributed by atoms with Crippen LogP contribution in [0.1, 0.15) is 39.0 Å². The van der Waals surface area contributed by atoms with E-state index in [1.165, 1.54) is 25.7 Å². The minimum atomic E-state index is 0.857. The maximum atomic E-state index is 5.57. The first-order valence-electron chi connectivity index (χ1n) is 6.89. The Labute approximate surface area is 105 Å². The molecule has 0 spiro atoms. The molecule has 4 heteroatoms. The molecule has 0 aromatic carbocycles. The van der Waals surface area contributed by atoms with Gasteiger partial charge in [0.05, 0.1) is 0 Å². The Kier molecular flexibility index (Phi) is 7.80. The lowest BCUT2D eigenvalue weighted by molar-refractivity contribution is 0.123. The first-order chi connectivity index (χ1) is 8.36. The Bertz CT molecular complexity index is 215. The number of aliphatic imine (C=N–C) groups is 1. The van der Waals surface area contributed by atoms with Crippen LogP contribution in [0, 0.1) is 5.92 Å². The summed E-state index contributed by atoms with van der Waals surface area (Å²) in [5.41, 5.74) is 0. The molecule has 4 nitrogen and oxygen atoms in total. The third-order valence-electron chi connectivity index (χ3n) is 2.85. The number of hydrogen-bond donors (Lipinski definition) is 2. The number of hydrogen-bond acceptors (Lipinski definition) is 2. The maximum Gasteiger partial charge on any atom is 0.190 e. The second-order valence-electron chi connectivity index (χ2n) is 4.65. The second-order valence-corrected chi connectivity index (χ2v) is 4.65. The summed E-state index contributed by atoms with van der Waals surface area (Å²) in [6, 6.07) is 0. The van der Waals surface area contributed by atoms with E-state index in [1.807, 2.05) is 7.05 Å². The third-order valence-corrected chi connectivity index (χ3v) is 2.85. The first kappa shape index (κ1) is 14.3. The van der Waals surface area contributed by atoms with Gasteiger partial charge in [0.1, 0.15) is 0 Å². The molecule has 1 aliphatic carbocycles. The van der Waals surface area contributed by atoms with E-state index in [0.717, 1.165) is 44.6 Å². The predicted octanol–water partition coefficient (Wildman–Crippen LogP) is 1.77. The zero-order chi connectivity index (χ0) is 12.3. The van der Waals surface area contributed by atoms with Crippen molar-refractivity contribution < 1.29 is 4.74 Å². The molecule has 0 aromatic rings. The van der Waals surface area contributed by atoms with Crippen LogP contribution in [0.15, 0.2) is 4.99 Å². The van der Waals surface area contributed by atoms with Crippen LogP contribution in [0.5, 0.6) is 0 Å². The summed E-state index contributed by atoms with van der Waals surface area (Å²) in [5.74, 6) is 1.77. The second kappa shape index (κ2) is 9.28. The molecule has 0 unspecified atom stereocenters. The van der Waals surface area contributed by atoms with Crippen molar-refractivity contribution in [1.82, 2.24) is 10.6 Å². The van der Waals surface area contributed by atoms with Gasteiger partial charge < -0.3 is 15.4 Å². The molecule has 0 radical (unpaired) electrons. The fraction of sp³-hybridized carbons (Fsp3) is 0.923. The molecule has 1 fully saturated rings. The maximum absolute atomic E-state index is 5.57. The molecule has 0 aliphatic heterocycles. The van der Waals surface area contributed by atoms with E-state index in [-0.39, 0.29) is 0 Å².